The maximum atomic E-state index is 12.9. The lowest BCUT2D eigenvalue weighted by molar-refractivity contribution is -0.122. The van der Waals surface area contributed by atoms with Gasteiger partial charge in [0, 0.05) is 5.56 Å². The summed E-state index contributed by atoms with van der Waals surface area (Å²) >= 11 is 7.50. The molecule has 2 aliphatic rings. The summed E-state index contributed by atoms with van der Waals surface area (Å²) in [7, 11) is 1.54. The Bertz CT molecular complexity index is 1120. The van der Waals surface area contributed by atoms with Gasteiger partial charge in [-0.05, 0) is 78.1 Å². The first-order chi connectivity index (χ1) is 15.0. The quantitative estimate of drug-likeness (QED) is 0.445. The van der Waals surface area contributed by atoms with Crippen molar-refractivity contribution in [1.82, 2.24) is 4.90 Å². The van der Waals surface area contributed by atoms with Gasteiger partial charge in [-0.25, -0.2) is 0 Å². The van der Waals surface area contributed by atoms with Crippen LogP contribution in [-0.2, 0) is 11.2 Å². The third-order valence-corrected chi connectivity index (χ3v) is 6.67. The van der Waals surface area contributed by atoms with Crippen LogP contribution in [0.3, 0.4) is 0 Å². The highest BCUT2D eigenvalue weighted by atomic mass is 35.5. The fraction of sp³-hybridized carbons (Fsp3) is 0.208. The molecule has 0 atom stereocenters. The van der Waals surface area contributed by atoms with E-state index in [1.807, 2.05) is 18.2 Å². The molecule has 1 aliphatic carbocycles. The lowest BCUT2D eigenvalue weighted by atomic mass is 10.0. The van der Waals surface area contributed by atoms with E-state index in [4.69, 9.17) is 16.3 Å². The highest BCUT2D eigenvalue weighted by Crippen LogP contribution is 2.37. The number of halogens is 1. The van der Waals surface area contributed by atoms with Crippen LogP contribution in [0, 0.1) is 0 Å². The van der Waals surface area contributed by atoms with E-state index in [2.05, 4.69) is 6.07 Å². The van der Waals surface area contributed by atoms with Gasteiger partial charge in [0.05, 0.1) is 23.6 Å². The van der Waals surface area contributed by atoms with Gasteiger partial charge in [-0.1, -0.05) is 35.9 Å². The second-order valence-electron chi connectivity index (χ2n) is 7.27. The van der Waals surface area contributed by atoms with Crippen molar-refractivity contribution in [3.8, 4) is 5.75 Å². The topological polar surface area (TPSA) is 63.7 Å². The van der Waals surface area contributed by atoms with Crippen LogP contribution in [0.4, 0.5) is 4.79 Å². The Balaban J connectivity index is 1.55. The maximum absolute atomic E-state index is 12.9. The molecule has 0 bridgehead atoms. The van der Waals surface area contributed by atoms with Crippen molar-refractivity contribution in [3.05, 3.63) is 81.8 Å². The van der Waals surface area contributed by atoms with E-state index in [1.165, 1.54) is 12.7 Å². The summed E-state index contributed by atoms with van der Waals surface area (Å²) in [4.78, 5) is 39.2. The number of allylic oxidation sites excluding steroid dienone is 2. The molecule has 0 radical (unpaired) electrons. The molecule has 2 aromatic rings. The first-order valence-electron chi connectivity index (χ1n) is 9.87. The minimum Gasteiger partial charge on any atom is -0.497 e. The van der Waals surface area contributed by atoms with Crippen LogP contribution in [0.2, 0.25) is 0 Å². The first kappa shape index (κ1) is 21.4. The summed E-state index contributed by atoms with van der Waals surface area (Å²) in [5, 5.41) is 0.151. The number of aryl methyl sites for hydroxylation is 1. The zero-order valence-corrected chi connectivity index (χ0v) is 18.5. The van der Waals surface area contributed by atoms with E-state index >= 15 is 0 Å². The second-order valence-corrected chi connectivity index (χ2v) is 8.64. The lowest BCUT2D eigenvalue weighted by Crippen LogP contribution is -2.33. The van der Waals surface area contributed by atoms with Gasteiger partial charge >= 0.3 is 0 Å². The first-order valence-corrected chi connectivity index (χ1v) is 11.1. The largest absolute Gasteiger partial charge is 0.497 e. The van der Waals surface area contributed by atoms with Gasteiger partial charge in [0.2, 0.25) is 0 Å². The smallest absolute Gasteiger partial charge is 0.293 e. The van der Waals surface area contributed by atoms with Gasteiger partial charge < -0.3 is 4.74 Å². The lowest BCUT2D eigenvalue weighted by Gasteiger charge is -2.11. The predicted octanol–water partition coefficient (Wildman–Crippen LogP) is 5.44. The number of methoxy groups -OCH3 is 1. The summed E-state index contributed by atoms with van der Waals surface area (Å²) < 4.78 is 5.09. The molecular weight excluding hydrogens is 434 g/mol. The van der Waals surface area contributed by atoms with Crippen LogP contribution >= 0.6 is 23.4 Å². The zero-order valence-electron chi connectivity index (χ0n) is 16.9. The molecular formula is C24H20ClNO4S. The third-order valence-electron chi connectivity index (χ3n) is 5.32. The number of Topliss-reactive ketones (excluding diaryl/α,β-unsaturated/α-hetero) is 1. The zero-order chi connectivity index (χ0) is 22.0. The van der Waals surface area contributed by atoms with Gasteiger partial charge in [0.1, 0.15) is 5.75 Å². The number of rotatable bonds is 5. The highest BCUT2D eigenvalue weighted by Gasteiger charge is 2.36. The fourth-order valence-electron chi connectivity index (χ4n) is 3.65. The SMILES string of the molecule is COc1ccc(C(=O)CN2C(=O)S/C(=C\C3=C(Cl)c4ccccc4CCC3)C2=O)cc1. The van der Waals surface area contributed by atoms with Crippen molar-refractivity contribution in [2.45, 2.75) is 19.3 Å². The van der Waals surface area contributed by atoms with E-state index in [9.17, 15) is 14.4 Å². The minimum absolute atomic E-state index is 0.292. The van der Waals surface area contributed by atoms with E-state index in [0.29, 0.717) is 27.7 Å². The number of hydrogen-bond acceptors (Lipinski definition) is 5. The molecule has 5 nitrogen and oxygen atoms in total. The van der Waals surface area contributed by atoms with Crippen LogP contribution in [-0.4, -0.2) is 35.5 Å². The summed E-state index contributed by atoms with van der Waals surface area (Å²) in [5.41, 5.74) is 3.38. The molecule has 2 aromatic carbocycles. The van der Waals surface area contributed by atoms with Crippen molar-refractivity contribution >= 4 is 45.3 Å². The number of benzene rings is 2. The maximum Gasteiger partial charge on any atom is 0.293 e. The van der Waals surface area contributed by atoms with Crippen molar-refractivity contribution in [2.24, 2.45) is 0 Å². The average molecular weight is 454 g/mol. The Morgan fingerprint density at radius 2 is 1.87 bits per heavy atom. The van der Waals surface area contributed by atoms with Gasteiger partial charge in [0.25, 0.3) is 11.1 Å². The molecule has 1 aliphatic heterocycles. The normalized spacial score (nSPS) is 17.7. The average Bonchev–Trinajstić information content (AvgIpc) is 2.95. The molecule has 1 heterocycles. The van der Waals surface area contributed by atoms with Crippen LogP contribution in [0.15, 0.2) is 65.1 Å². The molecule has 7 heteroatoms. The number of hydrogen-bond donors (Lipinski definition) is 0. The number of ketones is 1. The number of nitrogens with zero attached hydrogens (tertiary/aromatic N) is 1. The molecule has 0 saturated carbocycles. The van der Waals surface area contributed by atoms with E-state index in [1.54, 1.807) is 30.3 Å². The fourth-order valence-corrected chi connectivity index (χ4v) is 4.82. The van der Waals surface area contributed by atoms with E-state index < -0.39 is 11.1 Å². The standard InChI is InChI=1S/C24H20ClNO4S/c1-30-18-11-9-16(10-12-18)20(27)14-26-23(28)21(31-24(26)29)13-17-7-4-6-15-5-2-3-8-19(15)22(17)25/h2-3,5,8-13H,4,6-7,14H2,1H3/b21-13-. The Hall–Kier alpha value is -2.83. The Morgan fingerprint density at radius 3 is 2.61 bits per heavy atom. The molecule has 158 valence electrons. The minimum atomic E-state index is -0.466. The van der Waals surface area contributed by atoms with Crippen molar-refractivity contribution in [1.29, 1.82) is 0 Å². The van der Waals surface area contributed by atoms with Gasteiger partial charge in [0.15, 0.2) is 5.78 Å². The van der Waals surface area contributed by atoms with Gasteiger partial charge in [-0.3, -0.25) is 19.3 Å². The highest BCUT2D eigenvalue weighted by molar-refractivity contribution is 8.18. The van der Waals surface area contributed by atoms with Crippen LogP contribution in [0.25, 0.3) is 5.03 Å². The summed E-state index contributed by atoms with van der Waals surface area (Å²) in [6, 6.07) is 14.5. The Morgan fingerprint density at radius 1 is 1.13 bits per heavy atom. The third kappa shape index (κ3) is 4.45. The summed E-state index contributed by atoms with van der Waals surface area (Å²) in [6.45, 7) is -0.302. The number of imide groups is 1. The Labute approximate surface area is 189 Å². The molecule has 0 unspecified atom stereocenters. The van der Waals surface area contributed by atoms with E-state index in [-0.39, 0.29) is 12.3 Å². The predicted molar refractivity (Wildman–Crippen MR) is 122 cm³/mol. The van der Waals surface area contributed by atoms with Crippen LogP contribution in [0.5, 0.6) is 5.75 Å². The monoisotopic (exact) mass is 453 g/mol. The number of fused-ring (bicyclic) bond motifs is 1. The number of thioether (sulfide) groups is 1. The molecule has 4 rings (SSSR count). The number of ether oxygens (including phenoxy) is 1. The number of amides is 2. The number of carbonyl (C=O) groups is 3. The Kier molecular flexibility index (Phi) is 6.30. The molecule has 0 aromatic heterocycles. The van der Waals surface area contributed by atoms with Crippen LogP contribution in [0.1, 0.15) is 34.3 Å². The molecule has 1 fully saturated rings. The molecule has 0 N–H and O–H groups in total. The van der Waals surface area contributed by atoms with Gasteiger partial charge in [-0.2, -0.15) is 0 Å². The molecule has 1 saturated heterocycles. The van der Waals surface area contributed by atoms with Crippen LogP contribution < -0.4 is 4.74 Å². The summed E-state index contributed by atoms with van der Waals surface area (Å²) in [5.74, 6) is -0.154. The van der Waals surface area contributed by atoms with Crippen molar-refractivity contribution < 1.29 is 19.1 Å². The summed E-state index contributed by atoms with van der Waals surface area (Å²) in [6.07, 6.45) is 4.22. The second kappa shape index (κ2) is 9.12. The van der Waals surface area contributed by atoms with Crippen molar-refractivity contribution in [3.63, 3.8) is 0 Å². The molecule has 0 spiro atoms. The molecule has 31 heavy (non-hydrogen) atoms. The van der Waals surface area contributed by atoms with Crippen molar-refractivity contribution in [2.75, 3.05) is 13.7 Å². The molecule has 2 amide bonds. The number of carbonyl (C=O) groups excluding carboxylic acids is 3. The van der Waals surface area contributed by atoms with E-state index in [0.717, 1.165) is 40.6 Å². The van der Waals surface area contributed by atoms with Gasteiger partial charge in [-0.15, -0.1) is 0 Å².